The van der Waals surface area contributed by atoms with Gasteiger partial charge in [-0.3, -0.25) is 14.8 Å². The molecule has 1 aromatic carbocycles. The Morgan fingerprint density at radius 1 is 1.25 bits per heavy atom. The van der Waals surface area contributed by atoms with Gasteiger partial charge in [0, 0.05) is 0 Å². The van der Waals surface area contributed by atoms with Crippen LogP contribution in [0, 0.1) is 11.8 Å². The molecule has 5 heteroatoms. The summed E-state index contributed by atoms with van der Waals surface area (Å²) in [6.45, 7) is 4.09. The number of benzene rings is 1. The highest BCUT2D eigenvalue weighted by Gasteiger charge is 2.23. The average Bonchev–Trinajstić information content (AvgIpc) is 2.44. The quantitative estimate of drug-likeness (QED) is 0.456. The summed E-state index contributed by atoms with van der Waals surface area (Å²) in [7, 11) is 0. The van der Waals surface area contributed by atoms with Crippen molar-refractivity contribution in [3.05, 3.63) is 35.9 Å². The van der Waals surface area contributed by atoms with Gasteiger partial charge in [-0.1, -0.05) is 44.2 Å². The Hall–Kier alpha value is -1.88. The number of rotatable bonds is 7. The van der Waals surface area contributed by atoms with Gasteiger partial charge in [-0.2, -0.15) is 0 Å². The molecule has 1 amide bonds. The summed E-state index contributed by atoms with van der Waals surface area (Å²) in [6, 6.07) is 9.34. The molecular formula is C15H21NO4. The van der Waals surface area contributed by atoms with Gasteiger partial charge in [-0.15, -0.1) is 0 Å². The van der Waals surface area contributed by atoms with Crippen LogP contribution in [0.25, 0.3) is 0 Å². The van der Waals surface area contributed by atoms with E-state index in [9.17, 15) is 9.59 Å². The van der Waals surface area contributed by atoms with Gasteiger partial charge in [-0.05, 0) is 17.9 Å². The van der Waals surface area contributed by atoms with E-state index < -0.39 is 17.8 Å². The zero-order chi connectivity index (χ0) is 15.0. The fraction of sp³-hybridized carbons (Fsp3) is 0.467. The first-order chi connectivity index (χ1) is 9.52. The molecule has 0 aliphatic heterocycles. The minimum Gasteiger partial charge on any atom is -0.461 e. The molecule has 0 saturated carbocycles. The molecule has 0 spiro atoms. The molecule has 0 fully saturated rings. The zero-order valence-electron chi connectivity index (χ0n) is 11.8. The monoisotopic (exact) mass is 279 g/mol. The summed E-state index contributed by atoms with van der Waals surface area (Å²) >= 11 is 0. The van der Waals surface area contributed by atoms with Crippen molar-refractivity contribution in [3.8, 4) is 0 Å². The van der Waals surface area contributed by atoms with E-state index in [1.165, 1.54) is 0 Å². The third-order valence-electron chi connectivity index (χ3n) is 2.89. The molecule has 0 heterocycles. The third-order valence-corrected chi connectivity index (χ3v) is 2.89. The second-order valence-electron chi connectivity index (χ2n) is 5.15. The van der Waals surface area contributed by atoms with Crippen molar-refractivity contribution in [1.82, 2.24) is 5.48 Å². The summed E-state index contributed by atoms with van der Waals surface area (Å²) in [4.78, 5) is 23.2. The van der Waals surface area contributed by atoms with Crippen LogP contribution in [-0.2, 0) is 20.9 Å². The van der Waals surface area contributed by atoms with Crippen LogP contribution in [0.3, 0.4) is 0 Å². The number of amides is 1. The molecule has 2 N–H and O–H groups in total. The minimum atomic E-state index is -0.566. The zero-order valence-corrected chi connectivity index (χ0v) is 11.8. The Bertz CT molecular complexity index is 431. The molecule has 0 aliphatic rings. The number of nitrogens with one attached hydrogen (secondary N) is 1. The highest BCUT2D eigenvalue weighted by molar-refractivity contribution is 5.82. The fourth-order valence-corrected chi connectivity index (χ4v) is 1.94. The van der Waals surface area contributed by atoms with E-state index in [1.54, 1.807) is 5.48 Å². The maximum atomic E-state index is 11.7. The molecule has 0 aliphatic carbocycles. The third kappa shape index (κ3) is 5.84. The second-order valence-corrected chi connectivity index (χ2v) is 5.15. The van der Waals surface area contributed by atoms with E-state index in [4.69, 9.17) is 9.94 Å². The van der Waals surface area contributed by atoms with Crippen LogP contribution in [-0.4, -0.2) is 17.1 Å². The molecule has 1 rings (SSSR count). The van der Waals surface area contributed by atoms with E-state index in [0.29, 0.717) is 6.42 Å². The lowest BCUT2D eigenvalue weighted by atomic mass is 9.93. The Labute approximate surface area is 118 Å². The van der Waals surface area contributed by atoms with E-state index >= 15 is 0 Å². The molecule has 5 nitrogen and oxygen atoms in total. The largest absolute Gasteiger partial charge is 0.461 e. The van der Waals surface area contributed by atoms with Crippen LogP contribution in [0.5, 0.6) is 0 Å². The minimum absolute atomic E-state index is 0.0304. The van der Waals surface area contributed by atoms with Crippen LogP contribution >= 0.6 is 0 Å². The number of hydroxylamine groups is 1. The molecule has 0 saturated heterocycles. The highest BCUT2D eigenvalue weighted by atomic mass is 16.5. The molecule has 110 valence electrons. The van der Waals surface area contributed by atoms with Gasteiger partial charge in [0.15, 0.2) is 0 Å². The molecule has 0 bridgehead atoms. The SMILES string of the molecule is CC(C)C[C@@H](CC(=O)OCc1ccccc1)C(=O)NO. The van der Waals surface area contributed by atoms with Crippen molar-refractivity contribution < 1.29 is 19.5 Å². The number of carbonyl (C=O) groups excluding carboxylic acids is 2. The number of hydrogen-bond donors (Lipinski definition) is 2. The summed E-state index contributed by atoms with van der Waals surface area (Å²) in [5.41, 5.74) is 2.50. The van der Waals surface area contributed by atoms with Gasteiger partial charge in [0.2, 0.25) is 5.91 Å². The van der Waals surface area contributed by atoms with Gasteiger partial charge in [0.1, 0.15) is 6.61 Å². The van der Waals surface area contributed by atoms with E-state index in [2.05, 4.69) is 0 Å². The molecule has 0 radical (unpaired) electrons. The predicted molar refractivity (Wildman–Crippen MR) is 73.7 cm³/mol. The maximum absolute atomic E-state index is 11.7. The lowest BCUT2D eigenvalue weighted by Gasteiger charge is -2.16. The Morgan fingerprint density at radius 3 is 2.45 bits per heavy atom. The molecular weight excluding hydrogens is 258 g/mol. The van der Waals surface area contributed by atoms with Crippen molar-refractivity contribution >= 4 is 11.9 Å². The molecule has 1 atom stereocenters. The summed E-state index contributed by atoms with van der Waals surface area (Å²) in [5, 5.41) is 8.69. The van der Waals surface area contributed by atoms with Crippen molar-refractivity contribution in [1.29, 1.82) is 0 Å². The van der Waals surface area contributed by atoms with Gasteiger partial charge in [0.05, 0.1) is 12.3 Å². The van der Waals surface area contributed by atoms with E-state index in [-0.39, 0.29) is 18.9 Å². The van der Waals surface area contributed by atoms with Crippen LogP contribution in [0.2, 0.25) is 0 Å². The van der Waals surface area contributed by atoms with Crippen molar-refractivity contribution in [3.63, 3.8) is 0 Å². The van der Waals surface area contributed by atoms with Gasteiger partial charge < -0.3 is 4.74 Å². The van der Waals surface area contributed by atoms with Crippen LogP contribution in [0.1, 0.15) is 32.3 Å². The lowest BCUT2D eigenvalue weighted by molar-refractivity contribution is -0.149. The van der Waals surface area contributed by atoms with E-state index in [0.717, 1.165) is 5.56 Å². The number of esters is 1. The topological polar surface area (TPSA) is 75.6 Å². The Morgan fingerprint density at radius 2 is 1.90 bits per heavy atom. The van der Waals surface area contributed by atoms with Gasteiger partial charge in [0.25, 0.3) is 0 Å². The normalized spacial score (nSPS) is 12.0. The van der Waals surface area contributed by atoms with Crippen molar-refractivity contribution in [2.45, 2.75) is 33.3 Å². The highest BCUT2D eigenvalue weighted by Crippen LogP contribution is 2.17. The van der Waals surface area contributed by atoms with Gasteiger partial charge >= 0.3 is 5.97 Å². The lowest BCUT2D eigenvalue weighted by Crippen LogP contribution is -2.31. The molecule has 1 aromatic rings. The maximum Gasteiger partial charge on any atom is 0.306 e. The van der Waals surface area contributed by atoms with Crippen LogP contribution in [0.15, 0.2) is 30.3 Å². The van der Waals surface area contributed by atoms with E-state index in [1.807, 2.05) is 44.2 Å². The standard InChI is InChI=1S/C15H21NO4/c1-11(2)8-13(15(18)16-19)9-14(17)20-10-12-6-4-3-5-7-12/h3-7,11,13,19H,8-10H2,1-2H3,(H,16,18)/t13-/m0/s1. The first-order valence-electron chi connectivity index (χ1n) is 6.66. The molecule has 0 aromatic heterocycles. The van der Waals surface area contributed by atoms with Crippen LogP contribution in [0.4, 0.5) is 0 Å². The summed E-state index contributed by atoms with van der Waals surface area (Å²) < 4.78 is 5.13. The number of hydrogen-bond acceptors (Lipinski definition) is 4. The average molecular weight is 279 g/mol. The molecule has 0 unspecified atom stereocenters. The summed E-state index contributed by atoms with van der Waals surface area (Å²) in [6.07, 6.45) is 0.490. The Balaban J connectivity index is 2.47. The fourth-order valence-electron chi connectivity index (χ4n) is 1.94. The number of carbonyl (C=O) groups is 2. The van der Waals surface area contributed by atoms with Crippen LogP contribution < -0.4 is 5.48 Å². The smallest absolute Gasteiger partial charge is 0.306 e. The van der Waals surface area contributed by atoms with Crippen molar-refractivity contribution in [2.24, 2.45) is 11.8 Å². The first kappa shape index (κ1) is 16.2. The van der Waals surface area contributed by atoms with Gasteiger partial charge in [-0.25, -0.2) is 5.48 Å². The first-order valence-corrected chi connectivity index (χ1v) is 6.66. The Kier molecular flexibility index (Phi) is 6.73. The van der Waals surface area contributed by atoms with Crippen molar-refractivity contribution in [2.75, 3.05) is 0 Å². The second kappa shape index (κ2) is 8.32. The summed E-state index contributed by atoms with van der Waals surface area (Å²) in [5.74, 6) is -1.30. The number of ether oxygens (including phenoxy) is 1. The predicted octanol–water partition coefficient (Wildman–Crippen LogP) is 2.29. The molecule has 20 heavy (non-hydrogen) atoms.